The van der Waals surface area contributed by atoms with Crippen molar-refractivity contribution in [1.29, 1.82) is 0 Å². The number of carboxylic acids is 3. The summed E-state index contributed by atoms with van der Waals surface area (Å²) in [5.74, 6) is -4.27. The number of aromatic hydroxyl groups is 3. The van der Waals surface area contributed by atoms with Gasteiger partial charge in [0, 0.05) is 50.7 Å². The largest absolute Gasteiger partial charge is 0.508 e. The summed E-state index contributed by atoms with van der Waals surface area (Å²) < 4.78 is 15.8. The minimum atomic E-state index is -1.04. The maximum atomic E-state index is 12.2. The van der Waals surface area contributed by atoms with Crippen LogP contribution in [0.4, 0.5) is 0 Å². The summed E-state index contributed by atoms with van der Waals surface area (Å²) in [5, 5.41) is 53.8. The van der Waals surface area contributed by atoms with Crippen molar-refractivity contribution >= 4 is 60.1 Å². The minimum Gasteiger partial charge on any atom is -0.508 e. The van der Waals surface area contributed by atoms with Gasteiger partial charge in [0.2, 0.25) is 0 Å². The molecule has 4 rings (SSSR count). The Bertz CT molecular complexity index is 2030. The lowest BCUT2D eigenvalue weighted by Gasteiger charge is -2.09. The van der Waals surface area contributed by atoms with Crippen molar-refractivity contribution in [2.45, 2.75) is 57.8 Å². The maximum Gasteiger partial charge on any atom is 0.311 e. The number of carbonyl (C=O) groups is 6. The van der Waals surface area contributed by atoms with E-state index in [4.69, 9.17) is 34.6 Å². The molecule has 15 heteroatoms. The van der Waals surface area contributed by atoms with Crippen LogP contribution in [0.15, 0.2) is 84.9 Å². The summed E-state index contributed by atoms with van der Waals surface area (Å²) >= 11 is 0. The molecule has 0 atom stereocenters. The fourth-order valence-corrected chi connectivity index (χ4v) is 4.84. The van der Waals surface area contributed by atoms with E-state index in [1.165, 1.54) is 24.3 Å². The van der Waals surface area contributed by atoms with Crippen LogP contribution < -0.4 is 14.2 Å². The van der Waals surface area contributed by atoms with E-state index < -0.39 is 35.8 Å². The third-order valence-corrected chi connectivity index (χ3v) is 7.55. The van der Waals surface area contributed by atoms with E-state index in [1.807, 2.05) is 6.08 Å². The van der Waals surface area contributed by atoms with Crippen LogP contribution in [0.2, 0.25) is 0 Å². The average molecular weight is 799 g/mol. The van der Waals surface area contributed by atoms with Crippen molar-refractivity contribution in [3.05, 3.63) is 107 Å². The van der Waals surface area contributed by atoms with Gasteiger partial charge in [0.25, 0.3) is 0 Å². The second-order valence-electron chi connectivity index (χ2n) is 12.5. The number of carbonyl (C=O) groups excluding carboxylic acids is 3. The maximum absolute atomic E-state index is 12.2. The number of hydrogen-bond donors (Lipinski definition) is 6. The molecule has 0 fully saturated rings. The highest BCUT2D eigenvalue weighted by Gasteiger charge is 2.12. The van der Waals surface area contributed by atoms with Crippen LogP contribution in [0.1, 0.15) is 80.0 Å². The number of ether oxygens (including phenoxy) is 3. The lowest BCUT2D eigenvalue weighted by atomic mass is 10.1. The van der Waals surface area contributed by atoms with Gasteiger partial charge < -0.3 is 44.8 Å². The molecule has 304 valence electrons. The van der Waals surface area contributed by atoms with Gasteiger partial charge >= 0.3 is 35.8 Å². The summed E-state index contributed by atoms with van der Waals surface area (Å²) in [4.78, 5) is 68.1. The standard InChI is InChI=1S/C29H30O12.C14H12O3/c30-24(31)4-1-7-27(36)39-21-14-12-19(13-15-21)10-11-20-16-22(40-28(37)8-2-5-25(32)33)18-23(17-20)41-29(38)9-3-6-26(34)35;15-12-5-3-10(4-6-12)1-2-11-7-13(16)9-14(17)8-11/h10-18H,1-9H2,(H,30,31)(H,32,33)(H,34,35);1-9,15-17H/b11-10+;2-1+. The fourth-order valence-electron chi connectivity index (χ4n) is 4.84. The minimum absolute atomic E-state index is 0.0235. The van der Waals surface area contributed by atoms with Gasteiger partial charge in [-0.15, -0.1) is 0 Å². The molecule has 0 aliphatic rings. The Morgan fingerprint density at radius 1 is 0.379 bits per heavy atom. The molecule has 58 heavy (non-hydrogen) atoms. The zero-order chi connectivity index (χ0) is 42.5. The topological polar surface area (TPSA) is 251 Å². The van der Waals surface area contributed by atoms with Gasteiger partial charge in [-0.3, -0.25) is 28.8 Å². The van der Waals surface area contributed by atoms with E-state index in [9.17, 15) is 39.0 Å². The van der Waals surface area contributed by atoms with E-state index in [0.717, 1.165) is 5.56 Å². The first-order valence-electron chi connectivity index (χ1n) is 17.8. The lowest BCUT2D eigenvalue weighted by Crippen LogP contribution is -2.11. The van der Waals surface area contributed by atoms with Crippen molar-refractivity contribution < 1.29 is 73.6 Å². The first-order chi connectivity index (χ1) is 27.6. The molecule has 0 saturated carbocycles. The smallest absolute Gasteiger partial charge is 0.311 e. The van der Waals surface area contributed by atoms with Crippen LogP contribution in [0.3, 0.4) is 0 Å². The van der Waals surface area contributed by atoms with E-state index in [2.05, 4.69) is 0 Å². The van der Waals surface area contributed by atoms with Crippen LogP contribution in [0.5, 0.6) is 34.5 Å². The third-order valence-electron chi connectivity index (χ3n) is 7.55. The molecule has 0 amide bonds. The van der Waals surface area contributed by atoms with E-state index in [-0.39, 0.29) is 92.3 Å². The molecule has 0 radical (unpaired) electrons. The fraction of sp³-hybridized carbons (Fsp3) is 0.209. The molecule has 4 aromatic carbocycles. The Hall–Kier alpha value is -7.42. The summed E-state index contributed by atoms with van der Waals surface area (Å²) in [5.41, 5.74) is 2.82. The predicted molar refractivity (Wildman–Crippen MR) is 210 cm³/mol. The van der Waals surface area contributed by atoms with Gasteiger partial charge in [0.05, 0.1) is 0 Å². The van der Waals surface area contributed by atoms with Crippen molar-refractivity contribution in [3.63, 3.8) is 0 Å². The van der Waals surface area contributed by atoms with E-state index in [1.54, 1.807) is 78.9 Å². The molecule has 0 aliphatic heterocycles. The molecule has 0 saturated heterocycles. The Morgan fingerprint density at radius 2 is 0.724 bits per heavy atom. The molecule has 15 nitrogen and oxygen atoms in total. The highest BCUT2D eigenvalue weighted by atomic mass is 16.5. The molecule has 6 N–H and O–H groups in total. The Balaban J connectivity index is 0.000000436. The second-order valence-corrected chi connectivity index (χ2v) is 12.5. The first kappa shape index (κ1) is 45.0. The normalized spacial score (nSPS) is 10.7. The van der Waals surface area contributed by atoms with Crippen molar-refractivity contribution in [2.24, 2.45) is 0 Å². The van der Waals surface area contributed by atoms with E-state index in [0.29, 0.717) is 16.7 Å². The van der Waals surface area contributed by atoms with Gasteiger partial charge in [-0.2, -0.15) is 0 Å². The predicted octanol–water partition coefficient (Wildman–Crippen LogP) is 7.31. The van der Waals surface area contributed by atoms with Gasteiger partial charge in [-0.05, 0) is 90.0 Å². The quantitative estimate of drug-likeness (QED) is 0.0309. The van der Waals surface area contributed by atoms with E-state index >= 15 is 0 Å². The summed E-state index contributed by atoms with van der Waals surface area (Å²) in [6.07, 6.45) is 6.49. The number of hydrogen-bond acceptors (Lipinski definition) is 12. The van der Waals surface area contributed by atoms with Crippen LogP contribution in [-0.4, -0.2) is 66.5 Å². The van der Waals surface area contributed by atoms with Crippen molar-refractivity contribution in [1.82, 2.24) is 0 Å². The summed E-state index contributed by atoms with van der Waals surface area (Å²) in [6.45, 7) is 0. The molecule has 0 bridgehead atoms. The number of esters is 3. The lowest BCUT2D eigenvalue weighted by molar-refractivity contribution is -0.139. The number of rotatable bonds is 19. The molecular formula is C43H42O15. The molecule has 0 spiro atoms. The summed E-state index contributed by atoms with van der Waals surface area (Å²) in [7, 11) is 0. The number of phenols is 3. The zero-order valence-electron chi connectivity index (χ0n) is 31.1. The second kappa shape index (κ2) is 23.5. The van der Waals surface area contributed by atoms with Gasteiger partial charge in [-0.1, -0.05) is 48.6 Å². The van der Waals surface area contributed by atoms with Crippen molar-refractivity contribution in [2.75, 3.05) is 0 Å². The first-order valence-corrected chi connectivity index (χ1v) is 17.8. The Kier molecular flexibility index (Phi) is 18.2. The molecular weight excluding hydrogens is 756 g/mol. The average Bonchev–Trinajstić information content (AvgIpc) is 3.13. The molecule has 0 unspecified atom stereocenters. The molecule has 4 aromatic rings. The number of aliphatic carboxylic acids is 3. The number of benzene rings is 4. The number of carboxylic acid groups (broad SMARTS) is 3. The Morgan fingerprint density at radius 3 is 1.12 bits per heavy atom. The van der Waals surface area contributed by atoms with Gasteiger partial charge in [0.1, 0.15) is 34.5 Å². The molecule has 0 aromatic heterocycles. The number of phenolic OH excluding ortho intramolecular Hbond substituents is 3. The SMILES string of the molecule is O=C(O)CCCC(=O)Oc1ccc(/C=C/c2cc(OC(=O)CCCC(=O)O)cc(OC(=O)CCCC(=O)O)c2)cc1.Oc1ccc(/C=C/c2cc(O)cc(O)c2)cc1. The highest BCUT2D eigenvalue weighted by molar-refractivity contribution is 5.78. The van der Waals surface area contributed by atoms with Crippen LogP contribution in [-0.2, 0) is 28.8 Å². The van der Waals surface area contributed by atoms with Crippen LogP contribution in [0, 0.1) is 0 Å². The van der Waals surface area contributed by atoms with Crippen LogP contribution in [0.25, 0.3) is 24.3 Å². The molecule has 0 heterocycles. The van der Waals surface area contributed by atoms with Gasteiger partial charge in [0.15, 0.2) is 0 Å². The molecule has 0 aliphatic carbocycles. The monoisotopic (exact) mass is 798 g/mol. The Labute approximate surface area is 332 Å². The van der Waals surface area contributed by atoms with Crippen molar-refractivity contribution in [3.8, 4) is 34.5 Å². The zero-order valence-corrected chi connectivity index (χ0v) is 31.1. The summed E-state index contributed by atoms with van der Waals surface area (Å²) in [6, 6.07) is 21.9. The van der Waals surface area contributed by atoms with Gasteiger partial charge in [-0.25, -0.2) is 0 Å². The third kappa shape index (κ3) is 18.8. The van der Waals surface area contributed by atoms with Crippen LogP contribution >= 0.6 is 0 Å². The highest BCUT2D eigenvalue weighted by Crippen LogP contribution is 2.27.